The summed E-state index contributed by atoms with van der Waals surface area (Å²) in [6.45, 7) is 0.468. The van der Waals surface area contributed by atoms with Crippen LogP contribution in [-0.4, -0.2) is 24.6 Å². The topological polar surface area (TPSA) is 50.4 Å². The summed E-state index contributed by atoms with van der Waals surface area (Å²) in [4.78, 5) is 15.6. The molecule has 1 aliphatic heterocycles. The van der Waals surface area contributed by atoms with Gasteiger partial charge in [0, 0.05) is 6.04 Å². The number of rotatable bonds is 2. The molecule has 0 bridgehead atoms. The van der Waals surface area contributed by atoms with Crippen LogP contribution in [0.5, 0.6) is 0 Å². The summed E-state index contributed by atoms with van der Waals surface area (Å²) < 4.78 is 0. The molecular weight excluding hydrogens is 132 g/mol. The number of hydrogen-bond acceptors (Lipinski definition) is 3. The highest BCUT2D eigenvalue weighted by atomic mass is 16.7. The first-order valence-corrected chi connectivity index (χ1v) is 3.54. The van der Waals surface area contributed by atoms with Crippen molar-refractivity contribution in [2.75, 3.05) is 6.61 Å². The van der Waals surface area contributed by atoms with Crippen molar-refractivity contribution in [2.45, 2.75) is 24.9 Å². The van der Waals surface area contributed by atoms with Gasteiger partial charge < -0.3 is 5.32 Å². The number of amides is 1. The summed E-state index contributed by atoms with van der Waals surface area (Å²) in [5.74, 6) is -0.0353. The van der Waals surface area contributed by atoms with Crippen molar-refractivity contribution in [3.05, 3.63) is 0 Å². The monoisotopic (exact) mass is 142 g/mol. The lowest BCUT2D eigenvalue weighted by Gasteiger charge is -2.04. The number of hydrogen-bond donors (Lipinski definition) is 2. The molecule has 1 unspecified atom stereocenters. The van der Waals surface area contributed by atoms with Gasteiger partial charge in [-0.1, -0.05) is 0 Å². The fourth-order valence-corrected chi connectivity index (χ4v) is 1.00. The van der Waals surface area contributed by atoms with Crippen LogP contribution in [0.2, 0.25) is 0 Å². The minimum atomic E-state index is -0.104. The highest BCUT2D eigenvalue weighted by Gasteiger charge is 2.31. The fraction of sp³-hybridized carbons (Fsp3) is 0.833. The largest absolute Gasteiger partial charge is 0.301 e. The molecule has 1 heterocycles. The van der Waals surface area contributed by atoms with Crippen LogP contribution in [0.25, 0.3) is 0 Å². The Morgan fingerprint density at radius 2 is 2.40 bits per heavy atom. The second kappa shape index (κ2) is 2.21. The van der Waals surface area contributed by atoms with Crippen molar-refractivity contribution in [3.63, 3.8) is 0 Å². The van der Waals surface area contributed by atoms with E-state index in [1.165, 1.54) is 12.8 Å². The molecule has 0 aromatic heterocycles. The predicted octanol–water partition coefficient (Wildman–Crippen LogP) is -0.832. The molecule has 10 heavy (non-hydrogen) atoms. The lowest BCUT2D eigenvalue weighted by Crippen LogP contribution is -2.39. The van der Waals surface area contributed by atoms with Crippen molar-refractivity contribution in [3.8, 4) is 0 Å². The highest BCUT2D eigenvalue weighted by molar-refractivity contribution is 5.82. The molecule has 2 aliphatic rings. The van der Waals surface area contributed by atoms with Gasteiger partial charge in [-0.05, 0) is 12.8 Å². The second-order valence-corrected chi connectivity index (χ2v) is 2.77. The van der Waals surface area contributed by atoms with Crippen LogP contribution in [0.15, 0.2) is 0 Å². The summed E-state index contributed by atoms with van der Waals surface area (Å²) in [6, 6.07) is 0.463. The third kappa shape index (κ3) is 1.12. The lowest BCUT2D eigenvalue weighted by molar-refractivity contribution is -0.125. The zero-order valence-electron chi connectivity index (χ0n) is 5.59. The molecule has 1 amide bonds. The molecular formula is C6H10N2O2. The van der Waals surface area contributed by atoms with Gasteiger partial charge in [-0.15, -0.1) is 0 Å². The van der Waals surface area contributed by atoms with Crippen LogP contribution in [0.1, 0.15) is 12.8 Å². The smallest absolute Gasteiger partial charge is 0.263 e. The normalized spacial score (nSPS) is 32.4. The van der Waals surface area contributed by atoms with Gasteiger partial charge in [-0.2, -0.15) is 0 Å². The van der Waals surface area contributed by atoms with E-state index in [1.54, 1.807) is 0 Å². The van der Waals surface area contributed by atoms with Gasteiger partial charge in [0.1, 0.15) is 6.04 Å². The molecule has 1 aliphatic carbocycles. The van der Waals surface area contributed by atoms with E-state index in [-0.39, 0.29) is 11.9 Å². The highest BCUT2D eigenvalue weighted by Crippen LogP contribution is 2.19. The Balaban J connectivity index is 1.84. The van der Waals surface area contributed by atoms with E-state index in [4.69, 9.17) is 4.84 Å². The fourth-order valence-electron chi connectivity index (χ4n) is 1.00. The Morgan fingerprint density at radius 1 is 1.60 bits per heavy atom. The molecule has 2 fully saturated rings. The van der Waals surface area contributed by atoms with Crippen LogP contribution in [0.4, 0.5) is 0 Å². The van der Waals surface area contributed by atoms with Crippen LogP contribution in [0, 0.1) is 0 Å². The number of carbonyl (C=O) groups excluding carboxylic acids is 1. The van der Waals surface area contributed by atoms with Gasteiger partial charge in [0.25, 0.3) is 5.91 Å². The molecule has 4 heteroatoms. The SMILES string of the molecule is O=C1NOCC1NC1CC1. The van der Waals surface area contributed by atoms with Crippen LogP contribution in [-0.2, 0) is 9.63 Å². The Bertz CT molecular complexity index is 156. The Kier molecular flexibility index (Phi) is 1.35. The third-order valence-corrected chi connectivity index (χ3v) is 1.75. The molecule has 1 saturated carbocycles. The summed E-state index contributed by atoms with van der Waals surface area (Å²) in [7, 11) is 0. The van der Waals surface area contributed by atoms with Crippen molar-refractivity contribution >= 4 is 5.91 Å². The molecule has 1 saturated heterocycles. The Hall–Kier alpha value is -0.610. The average Bonchev–Trinajstić information content (AvgIpc) is 2.62. The second-order valence-electron chi connectivity index (χ2n) is 2.77. The van der Waals surface area contributed by atoms with E-state index in [2.05, 4.69) is 10.8 Å². The molecule has 0 aromatic carbocycles. The average molecular weight is 142 g/mol. The summed E-state index contributed by atoms with van der Waals surface area (Å²) in [6.07, 6.45) is 2.40. The summed E-state index contributed by atoms with van der Waals surface area (Å²) in [5, 5.41) is 3.17. The standard InChI is InChI=1S/C6H10N2O2/c9-6-5(3-10-8-6)7-4-1-2-4/h4-5,7H,1-3H2,(H,8,9). The number of nitrogens with one attached hydrogen (secondary N) is 2. The molecule has 4 nitrogen and oxygen atoms in total. The third-order valence-electron chi connectivity index (χ3n) is 1.75. The quantitative estimate of drug-likeness (QED) is 0.529. The van der Waals surface area contributed by atoms with E-state index in [9.17, 15) is 4.79 Å². The summed E-state index contributed by atoms with van der Waals surface area (Å²) in [5.41, 5.74) is 2.30. The maximum Gasteiger partial charge on any atom is 0.263 e. The van der Waals surface area contributed by atoms with Gasteiger partial charge in [0.2, 0.25) is 0 Å². The maximum absolute atomic E-state index is 10.8. The summed E-state index contributed by atoms with van der Waals surface area (Å²) >= 11 is 0. The van der Waals surface area contributed by atoms with Crippen molar-refractivity contribution in [1.29, 1.82) is 0 Å². The van der Waals surface area contributed by atoms with Crippen LogP contribution < -0.4 is 10.8 Å². The Labute approximate surface area is 58.9 Å². The molecule has 0 aromatic rings. The zero-order chi connectivity index (χ0) is 6.97. The van der Waals surface area contributed by atoms with Gasteiger partial charge >= 0.3 is 0 Å². The molecule has 0 radical (unpaired) electrons. The molecule has 2 rings (SSSR count). The van der Waals surface area contributed by atoms with Crippen molar-refractivity contribution in [2.24, 2.45) is 0 Å². The van der Waals surface area contributed by atoms with Crippen molar-refractivity contribution in [1.82, 2.24) is 10.8 Å². The molecule has 1 atom stereocenters. The first-order chi connectivity index (χ1) is 4.86. The van der Waals surface area contributed by atoms with Gasteiger partial charge in [0.05, 0.1) is 6.61 Å². The van der Waals surface area contributed by atoms with E-state index < -0.39 is 0 Å². The molecule has 2 N–H and O–H groups in total. The minimum Gasteiger partial charge on any atom is -0.301 e. The minimum absolute atomic E-state index is 0.0353. The van der Waals surface area contributed by atoms with E-state index in [0.717, 1.165) is 0 Å². The van der Waals surface area contributed by atoms with Gasteiger partial charge in [-0.3, -0.25) is 9.63 Å². The number of carbonyl (C=O) groups is 1. The van der Waals surface area contributed by atoms with E-state index in [1.807, 2.05) is 0 Å². The number of hydroxylamine groups is 1. The lowest BCUT2D eigenvalue weighted by atomic mass is 10.3. The zero-order valence-corrected chi connectivity index (χ0v) is 5.59. The molecule has 0 spiro atoms. The predicted molar refractivity (Wildman–Crippen MR) is 34.0 cm³/mol. The first-order valence-electron chi connectivity index (χ1n) is 3.54. The Morgan fingerprint density at radius 3 is 2.90 bits per heavy atom. The van der Waals surface area contributed by atoms with Crippen LogP contribution >= 0.6 is 0 Å². The first kappa shape index (κ1) is 6.12. The van der Waals surface area contributed by atoms with Crippen LogP contribution in [0.3, 0.4) is 0 Å². The molecule has 56 valence electrons. The van der Waals surface area contributed by atoms with E-state index >= 15 is 0 Å². The van der Waals surface area contributed by atoms with E-state index in [0.29, 0.717) is 12.6 Å². The van der Waals surface area contributed by atoms with Gasteiger partial charge in [0.15, 0.2) is 0 Å². The van der Waals surface area contributed by atoms with Crippen molar-refractivity contribution < 1.29 is 9.63 Å². The maximum atomic E-state index is 10.8. The van der Waals surface area contributed by atoms with Gasteiger partial charge in [-0.25, -0.2) is 5.48 Å².